The van der Waals surface area contributed by atoms with Crippen LogP contribution in [0.1, 0.15) is 0 Å². The molecule has 1 heterocycles. The maximum Gasteiger partial charge on any atom is 0.141 e. The number of benzene rings is 5. The van der Waals surface area contributed by atoms with Crippen molar-refractivity contribution >= 4 is 43.4 Å². The van der Waals surface area contributed by atoms with Gasteiger partial charge in [0.2, 0.25) is 0 Å². The van der Waals surface area contributed by atoms with Gasteiger partial charge in [-0.3, -0.25) is 0 Å². The van der Waals surface area contributed by atoms with Crippen LogP contribution in [0.5, 0.6) is 0 Å². The molecule has 0 aliphatic heterocycles. The zero-order chi connectivity index (χ0) is 18.7. The number of hydrogen-bond donors (Lipinski definition) is 0. The first-order chi connectivity index (χ1) is 13.8. The van der Waals surface area contributed by atoms with Crippen LogP contribution in [0.15, 0.2) is 91.0 Å². The van der Waals surface area contributed by atoms with E-state index in [9.17, 15) is 0 Å². The zero-order valence-electron chi connectivity index (χ0n) is 15.6. The summed E-state index contributed by atoms with van der Waals surface area (Å²) in [5.74, 6) is 1.01. The fourth-order valence-corrected chi connectivity index (χ4v) is 4.45. The van der Waals surface area contributed by atoms with E-state index in [4.69, 9.17) is 4.98 Å². The van der Waals surface area contributed by atoms with E-state index in [0.717, 1.165) is 16.9 Å². The number of aryl methyl sites for hydroxylation is 1. The SMILES string of the molecule is Cn1c(-c2cc3ccc4ccccc4c3c3ccccc23)nc2ccccc21. The second-order valence-electron chi connectivity index (χ2n) is 7.34. The molecule has 0 bridgehead atoms. The smallest absolute Gasteiger partial charge is 0.141 e. The lowest BCUT2D eigenvalue weighted by Crippen LogP contribution is -1.94. The van der Waals surface area contributed by atoms with Crippen molar-refractivity contribution in [2.45, 2.75) is 0 Å². The molecule has 0 amide bonds. The maximum absolute atomic E-state index is 4.96. The highest BCUT2D eigenvalue weighted by Crippen LogP contribution is 2.38. The van der Waals surface area contributed by atoms with Gasteiger partial charge in [0.15, 0.2) is 0 Å². The minimum Gasteiger partial charge on any atom is -0.327 e. The van der Waals surface area contributed by atoms with Crippen molar-refractivity contribution in [1.29, 1.82) is 0 Å². The highest BCUT2D eigenvalue weighted by atomic mass is 15.1. The third-order valence-electron chi connectivity index (χ3n) is 5.78. The van der Waals surface area contributed by atoms with E-state index in [-0.39, 0.29) is 0 Å². The molecular formula is C26H18N2. The number of aromatic nitrogens is 2. The number of rotatable bonds is 1. The van der Waals surface area contributed by atoms with Gasteiger partial charge in [-0.1, -0.05) is 72.8 Å². The predicted molar refractivity (Wildman–Crippen MR) is 119 cm³/mol. The van der Waals surface area contributed by atoms with Gasteiger partial charge in [-0.25, -0.2) is 4.98 Å². The van der Waals surface area contributed by atoms with Gasteiger partial charge in [0.05, 0.1) is 11.0 Å². The zero-order valence-corrected chi connectivity index (χ0v) is 15.6. The fourth-order valence-electron chi connectivity index (χ4n) is 4.45. The van der Waals surface area contributed by atoms with Crippen LogP contribution in [0.4, 0.5) is 0 Å². The second-order valence-corrected chi connectivity index (χ2v) is 7.34. The van der Waals surface area contributed by atoms with Crippen LogP contribution in [-0.2, 0) is 7.05 Å². The summed E-state index contributed by atoms with van der Waals surface area (Å²) in [6, 6.07) is 32.4. The van der Waals surface area contributed by atoms with Crippen LogP contribution in [0.3, 0.4) is 0 Å². The molecule has 132 valence electrons. The fraction of sp³-hybridized carbons (Fsp3) is 0.0385. The molecule has 0 spiro atoms. The lowest BCUT2D eigenvalue weighted by atomic mass is 9.93. The van der Waals surface area contributed by atoms with Gasteiger partial charge in [-0.05, 0) is 50.5 Å². The summed E-state index contributed by atoms with van der Waals surface area (Å²) >= 11 is 0. The Bertz CT molecular complexity index is 1520. The molecule has 0 fully saturated rings. The third kappa shape index (κ3) is 2.06. The van der Waals surface area contributed by atoms with Crippen LogP contribution in [0.2, 0.25) is 0 Å². The van der Waals surface area contributed by atoms with Crippen LogP contribution in [-0.4, -0.2) is 9.55 Å². The summed E-state index contributed by atoms with van der Waals surface area (Å²) in [6.45, 7) is 0. The minimum atomic E-state index is 1.01. The van der Waals surface area contributed by atoms with Crippen molar-refractivity contribution in [2.24, 2.45) is 7.05 Å². The molecule has 1 aromatic heterocycles. The van der Waals surface area contributed by atoms with Crippen molar-refractivity contribution in [3.05, 3.63) is 91.0 Å². The van der Waals surface area contributed by atoms with Gasteiger partial charge in [0, 0.05) is 12.6 Å². The molecule has 2 heteroatoms. The van der Waals surface area contributed by atoms with Gasteiger partial charge in [-0.2, -0.15) is 0 Å². The Kier molecular flexibility index (Phi) is 3.12. The molecule has 6 rings (SSSR count). The quantitative estimate of drug-likeness (QED) is 0.299. The number of fused-ring (bicyclic) bond motifs is 6. The number of para-hydroxylation sites is 2. The Hall–Kier alpha value is -3.65. The highest BCUT2D eigenvalue weighted by Gasteiger charge is 2.15. The Balaban J connectivity index is 1.80. The van der Waals surface area contributed by atoms with Gasteiger partial charge in [0.25, 0.3) is 0 Å². The molecular weight excluding hydrogens is 340 g/mol. The topological polar surface area (TPSA) is 17.8 Å². The van der Waals surface area contributed by atoms with Crippen molar-refractivity contribution in [3.63, 3.8) is 0 Å². The number of nitrogens with zero attached hydrogens (tertiary/aromatic N) is 2. The van der Waals surface area contributed by atoms with Crippen molar-refractivity contribution < 1.29 is 0 Å². The van der Waals surface area contributed by atoms with Crippen molar-refractivity contribution in [3.8, 4) is 11.4 Å². The molecule has 0 N–H and O–H groups in total. The first-order valence-corrected chi connectivity index (χ1v) is 9.56. The molecule has 0 radical (unpaired) electrons. The first-order valence-electron chi connectivity index (χ1n) is 9.56. The normalized spacial score (nSPS) is 11.8. The molecule has 2 nitrogen and oxygen atoms in total. The van der Waals surface area contributed by atoms with Gasteiger partial charge < -0.3 is 4.57 Å². The van der Waals surface area contributed by atoms with Gasteiger partial charge in [0.1, 0.15) is 5.82 Å². The standard InChI is InChI=1S/C26H18N2/c1-28-24-13-7-6-12-23(24)27-26(28)22-16-18-15-14-17-8-2-3-9-19(17)25(18)21-11-5-4-10-20(21)22/h2-16H,1H3. The van der Waals surface area contributed by atoms with E-state index in [1.165, 1.54) is 37.9 Å². The summed E-state index contributed by atoms with van der Waals surface area (Å²) in [5.41, 5.74) is 3.36. The van der Waals surface area contributed by atoms with Crippen molar-refractivity contribution in [2.75, 3.05) is 0 Å². The van der Waals surface area contributed by atoms with E-state index >= 15 is 0 Å². The Morgan fingerprint density at radius 1 is 0.643 bits per heavy atom. The van der Waals surface area contributed by atoms with Crippen LogP contribution in [0, 0.1) is 0 Å². The molecule has 0 aliphatic carbocycles. The second kappa shape index (κ2) is 5.67. The van der Waals surface area contributed by atoms with Gasteiger partial charge >= 0.3 is 0 Å². The van der Waals surface area contributed by atoms with E-state index in [1.807, 2.05) is 6.07 Å². The predicted octanol–water partition coefficient (Wildman–Crippen LogP) is 6.70. The van der Waals surface area contributed by atoms with Crippen LogP contribution in [0.25, 0.3) is 54.7 Å². The summed E-state index contributed by atoms with van der Waals surface area (Å²) in [7, 11) is 2.10. The monoisotopic (exact) mass is 358 g/mol. The number of imidazole rings is 1. The lowest BCUT2D eigenvalue weighted by molar-refractivity contribution is 0.961. The third-order valence-corrected chi connectivity index (χ3v) is 5.78. The summed E-state index contributed by atoms with van der Waals surface area (Å²) < 4.78 is 2.20. The largest absolute Gasteiger partial charge is 0.327 e. The van der Waals surface area contributed by atoms with E-state index in [2.05, 4.69) is 96.5 Å². The van der Waals surface area contributed by atoms with E-state index in [0.29, 0.717) is 0 Å². The molecule has 0 unspecified atom stereocenters. The molecule has 28 heavy (non-hydrogen) atoms. The van der Waals surface area contributed by atoms with E-state index in [1.54, 1.807) is 0 Å². The van der Waals surface area contributed by atoms with E-state index < -0.39 is 0 Å². The van der Waals surface area contributed by atoms with Crippen LogP contribution < -0.4 is 0 Å². The maximum atomic E-state index is 4.96. The minimum absolute atomic E-state index is 1.01. The molecule has 0 saturated heterocycles. The average molecular weight is 358 g/mol. The molecule has 0 saturated carbocycles. The van der Waals surface area contributed by atoms with Crippen molar-refractivity contribution in [1.82, 2.24) is 9.55 Å². The molecule has 0 aliphatic rings. The Morgan fingerprint density at radius 3 is 2.18 bits per heavy atom. The Morgan fingerprint density at radius 2 is 1.32 bits per heavy atom. The first kappa shape index (κ1) is 15.4. The molecule has 0 atom stereocenters. The lowest BCUT2D eigenvalue weighted by Gasteiger charge is -2.13. The number of hydrogen-bond acceptors (Lipinski definition) is 1. The average Bonchev–Trinajstić information content (AvgIpc) is 3.09. The summed E-state index contributed by atoms with van der Waals surface area (Å²) in [4.78, 5) is 4.96. The summed E-state index contributed by atoms with van der Waals surface area (Å²) in [5, 5.41) is 7.66. The molecule has 5 aromatic carbocycles. The summed E-state index contributed by atoms with van der Waals surface area (Å²) in [6.07, 6.45) is 0. The molecule has 6 aromatic rings. The van der Waals surface area contributed by atoms with Crippen LogP contribution >= 0.6 is 0 Å². The highest BCUT2D eigenvalue weighted by molar-refractivity contribution is 6.23. The van der Waals surface area contributed by atoms with Gasteiger partial charge in [-0.15, -0.1) is 0 Å². The Labute approximate surface area is 162 Å².